The van der Waals surface area contributed by atoms with Gasteiger partial charge in [0.15, 0.2) is 23.2 Å². The van der Waals surface area contributed by atoms with Crippen molar-refractivity contribution in [1.29, 1.82) is 0 Å². The molecule has 3 heterocycles. The number of aromatic hydroxyl groups is 1. The highest BCUT2D eigenvalue weighted by Crippen LogP contribution is 2.41. The standard InChI is InChI=1S/C18H22N5O9P/c1-8-2-10(25)9(3-11(8)32-33(28,29)30)4-19-16-13-17(21-6-20-16)23(7-22-13)18-15(27)14(26)12(5-24)31-18/h2-3,6-7,12,14-15,18,24-27H,4-5H2,1H3,(H,19,20,21)(H2,28,29,30)/t12-,14-,15-,18-/m1/s1. The van der Waals surface area contributed by atoms with Crippen LogP contribution in [-0.4, -0.2) is 74.7 Å². The van der Waals surface area contributed by atoms with Gasteiger partial charge in [0.2, 0.25) is 0 Å². The molecule has 4 rings (SSSR count). The van der Waals surface area contributed by atoms with Crippen LogP contribution in [0.25, 0.3) is 11.2 Å². The van der Waals surface area contributed by atoms with E-state index in [4.69, 9.17) is 14.5 Å². The number of hydrogen-bond acceptors (Lipinski definition) is 11. The number of phenolic OH excluding ortho intramolecular Hbond substituents is 1. The van der Waals surface area contributed by atoms with Crippen molar-refractivity contribution in [2.75, 3.05) is 11.9 Å². The van der Waals surface area contributed by atoms with Crippen molar-refractivity contribution in [3.05, 3.63) is 35.9 Å². The molecular weight excluding hydrogens is 461 g/mol. The topological polar surface area (TPSA) is 213 Å². The molecule has 0 aliphatic carbocycles. The highest BCUT2D eigenvalue weighted by atomic mass is 31.2. The number of phosphoric acid groups is 1. The summed E-state index contributed by atoms with van der Waals surface area (Å²) in [6.07, 6.45) is -2.01. The number of anilines is 1. The molecule has 0 radical (unpaired) electrons. The van der Waals surface area contributed by atoms with Gasteiger partial charge >= 0.3 is 7.82 Å². The highest BCUT2D eigenvalue weighted by molar-refractivity contribution is 7.46. The van der Waals surface area contributed by atoms with E-state index in [1.165, 1.54) is 36.3 Å². The Morgan fingerprint density at radius 3 is 2.64 bits per heavy atom. The number of phenols is 1. The molecule has 0 amide bonds. The van der Waals surface area contributed by atoms with E-state index in [-0.39, 0.29) is 35.1 Å². The molecule has 1 aliphatic heterocycles. The number of aliphatic hydroxyl groups excluding tert-OH is 3. The van der Waals surface area contributed by atoms with Gasteiger partial charge in [0, 0.05) is 12.1 Å². The van der Waals surface area contributed by atoms with Gasteiger partial charge in [-0.1, -0.05) is 0 Å². The molecule has 14 nitrogen and oxygen atoms in total. The van der Waals surface area contributed by atoms with Crippen LogP contribution < -0.4 is 9.84 Å². The van der Waals surface area contributed by atoms with Crippen LogP contribution in [0.15, 0.2) is 24.8 Å². The molecule has 2 aromatic heterocycles. The fourth-order valence-corrected chi connectivity index (χ4v) is 3.99. The Bertz CT molecular complexity index is 1220. The van der Waals surface area contributed by atoms with Crippen molar-refractivity contribution in [3.8, 4) is 11.5 Å². The summed E-state index contributed by atoms with van der Waals surface area (Å²) in [5.74, 6) is 0.0581. The second-order valence-corrected chi connectivity index (χ2v) is 8.62. The number of benzene rings is 1. The molecule has 0 saturated carbocycles. The molecule has 1 fully saturated rings. The van der Waals surface area contributed by atoms with E-state index in [0.717, 1.165) is 0 Å². The van der Waals surface area contributed by atoms with Gasteiger partial charge in [0.25, 0.3) is 0 Å². The number of imidazole rings is 1. The molecule has 7 N–H and O–H groups in total. The zero-order valence-corrected chi connectivity index (χ0v) is 18.1. The number of phosphoric ester groups is 1. The van der Waals surface area contributed by atoms with Gasteiger partial charge in [0.05, 0.1) is 12.9 Å². The first-order valence-corrected chi connectivity index (χ1v) is 11.2. The minimum absolute atomic E-state index is 0.00351. The van der Waals surface area contributed by atoms with Gasteiger partial charge in [0.1, 0.15) is 36.1 Å². The Morgan fingerprint density at radius 2 is 1.97 bits per heavy atom. The van der Waals surface area contributed by atoms with E-state index in [1.807, 2.05) is 0 Å². The van der Waals surface area contributed by atoms with Crippen molar-refractivity contribution in [1.82, 2.24) is 19.5 Å². The van der Waals surface area contributed by atoms with Gasteiger partial charge in [-0.25, -0.2) is 19.5 Å². The fraction of sp³-hybridized carbons (Fsp3) is 0.389. The largest absolute Gasteiger partial charge is 0.524 e. The van der Waals surface area contributed by atoms with E-state index in [1.54, 1.807) is 0 Å². The van der Waals surface area contributed by atoms with Crippen LogP contribution in [0.4, 0.5) is 5.82 Å². The monoisotopic (exact) mass is 483 g/mol. The SMILES string of the molecule is Cc1cc(O)c(CNc2ncnc3c2ncn3[C@@H]2O[C@H](CO)[C@@H](O)[C@H]2O)cc1OP(=O)(O)O. The highest BCUT2D eigenvalue weighted by Gasteiger charge is 2.44. The fourth-order valence-electron chi connectivity index (χ4n) is 3.54. The first-order valence-electron chi connectivity index (χ1n) is 9.70. The number of fused-ring (bicyclic) bond motifs is 1. The maximum absolute atomic E-state index is 11.2. The van der Waals surface area contributed by atoms with E-state index >= 15 is 0 Å². The molecule has 4 atom stereocenters. The number of nitrogens with zero attached hydrogens (tertiary/aromatic N) is 4. The molecule has 0 bridgehead atoms. The van der Waals surface area contributed by atoms with E-state index < -0.39 is 39.0 Å². The first-order chi connectivity index (χ1) is 15.6. The molecule has 0 spiro atoms. The van der Waals surface area contributed by atoms with Crippen molar-refractivity contribution in [2.45, 2.75) is 38.0 Å². The summed E-state index contributed by atoms with van der Waals surface area (Å²) in [5.41, 5.74) is 1.19. The molecule has 33 heavy (non-hydrogen) atoms. The summed E-state index contributed by atoms with van der Waals surface area (Å²) < 4.78 is 22.8. The van der Waals surface area contributed by atoms with Crippen LogP contribution in [0.1, 0.15) is 17.4 Å². The normalized spacial score (nSPS) is 23.2. The molecular formula is C18H22N5O9P. The Balaban J connectivity index is 1.59. The van der Waals surface area contributed by atoms with Crippen molar-refractivity contribution < 1.29 is 44.0 Å². The minimum Gasteiger partial charge on any atom is -0.508 e. The van der Waals surface area contributed by atoms with E-state index in [0.29, 0.717) is 11.1 Å². The predicted molar refractivity (Wildman–Crippen MR) is 111 cm³/mol. The van der Waals surface area contributed by atoms with Gasteiger partial charge in [-0.05, 0) is 24.6 Å². The molecule has 0 unspecified atom stereocenters. The third-order valence-corrected chi connectivity index (χ3v) is 5.62. The maximum Gasteiger partial charge on any atom is 0.524 e. The van der Waals surface area contributed by atoms with Crippen LogP contribution in [0.3, 0.4) is 0 Å². The molecule has 1 aliphatic rings. The summed E-state index contributed by atoms with van der Waals surface area (Å²) in [6, 6.07) is 2.61. The predicted octanol–water partition coefficient (Wildman–Crippen LogP) is -0.465. The second-order valence-electron chi connectivity index (χ2n) is 7.46. The van der Waals surface area contributed by atoms with Gasteiger partial charge in [-0.3, -0.25) is 14.4 Å². The summed E-state index contributed by atoms with van der Waals surface area (Å²) in [4.78, 5) is 30.7. The van der Waals surface area contributed by atoms with Gasteiger partial charge in [-0.2, -0.15) is 0 Å². The summed E-state index contributed by atoms with van der Waals surface area (Å²) in [7, 11) is -4.78. The van der Waals surface area contributed by atoms with Crippen LogP contribution in [0.2, 0.25) is 0 Å². The van der Waals surface area contributed by atoms with Crippen LogP contribution in [-0.2, 0) is 15.8 Å². The zero-order valence-electron chi connectivity index (χ0n) is 17.2. The number of aliphatic hydroxyl groups is 3. The minimum atomic E-state index is -4.78. The Labute approximate surface area is 186 Å². The first kappa shape index (κ1) is 23.3. The van der Waals surface area contributed by atoms with Crippen LogP contribution >= 0.6 is 7.82 Å². The maximum atomic E-state index is 11.2. The number of aryl methyl sites for hydroxylation is 1. The third-order valence-electron chi connectivity index (χ3n) is 5.19. The third kappa shape index (κ3) is 4.63. The van der Waals surface area contributed by atoms with Crippen molar-refractivity contribution >= 4 is 24.8 Å². The lowest BCUT2D eigenvalue weighted by Gasteiger charge is -2.16. The van der Waals surface area contributed by atoms with Crippen molar-refractivity contribution in [3.63, 3.8) is 0 Å². The summed E-state index contributed by atoms with van der Waals surface area (Å²) in [5, 5.41) is 42.8. The van der Waals surface area contributed by atoms with E-state index in [9.17, 15) is 25.0 Å². The lowest BCUT2D eigenvalue weighted by atomic mass is 10.1. The Morgan fingerprint density at radius 1 is 1.21 bits per heavy atom. The lowest BCUT2D eigenvalue weighted by molar-refractivity contribution is -0.0511. The summed E-state index contributed by atoms with van der Waals surface area (Å²) >= 11 is 0. The summed E-state index contributed by atoms with van der Waals surface area (Å²) in [6.45, 7) is 1.05. The number of rotatable bonds is 7. The number of hydrogen-bond donors (Lipinski definition) is 7. The Kier molecular flexibility index (Phi) is 6.24. The molecule has 178 valence electrons. The quantitative estimate of drug-likeness (QED) is 0.212. The average molecular weight is 483 g/mol. The smallest absolute Gasteiger partial charge is 0.508 e. The molecule has 1 saturated heterocycles. The zero-order chi connectivity index (χ0) is 23.9. The number of ether oxygens (including phenoxy) is 1. The molecule has 15 heteroatoms. The molecule has 1 aromatic carbocycles. The molecule has 3 aromatic rings. The van der Waals surface area contributed by atoms with E-state index in [2.05, 4.69) is 24.8 Å². The second kappa shape index (κ2) is 8.83. The average Bonchev–Trinajstić information content (AvgIpc) is 3.30. The number of nitrogens with one attached hydrogen (secondary N) is 1. The lowest BCUT2D eigenvalue weighted by Crippen LogP contribution is -2.33. The van der Waals surface area contributed by atoms with Crippen LogP contribution in [0, 0.1) is 6.92 Å². The Hall–Kier alpha value is -2.84. The van der Waals surface area contributed by atoms with Crippen LogP contribution in [0.5, 0.6) is 11.5 Å². The van der Waals surface area contributed by atoms with Gasteiger partial charge in [-0.15, -0.1) is 0 Å². The van der Waals surface area contributed by atoms with Gasteiger partial charge < -0.3 is 35.0 Å². The van der Waals surface area contributed by atoms with Crippen molar-refractivity contribution in [2.24, 2.45) is 0 Å². The number of aromatic nitrogens is 4.